The lowest BCUT2D eigenvalue weighted by molar-refractivity contribution is 0.0734. The number of aryl methyl sites for hydroxylation is 1. The molecule has 0 amide bonds. The minimum Gasteiger partial charge on any atom is -0.394 e. The highest BCUT2D eigenvalue weighted by atomic mass is 16.3. The van der Waals surface area contributed by atoms with Crippen molar-refractivity contribution >= 4 is 0 Å². The van der Waals surface area contributed by atoms with Gasteiger partial charge in [0.2, 0.25) is 0 Å². The van der Waals surface area contributed by atoms with E-state index in [1.807, 2.05) is 0 Å². The van der Waals surface area contributed by atoms with E-state index in [0.717, 1.165) is 19.5 Å². The fourth-order valence-corrected chi connectivity index (χ4v) is 2.56. The van der Waals surface area contributed by atoms with Crippen molar-refractivity contribution < 1.29 is 5.11 Å². The van der Waals surface area contributed by atoms with E-state index in [9.17, 15) is 5.11 Å². The molecule has 16 heavy (non-hydrogen) atoms. The third-order valence-corrected chi connectivity index (χ3v) is 3.70. The normalized spacial score (nSPS) is 26.2. The molecular weight excluding hydrogens is 198 g/mol. The zero-order chi connectivity index (χ0) is 11.6. The van der Waals surface area contributed by atoms with E-state index in [-0.39, 0.29) is 12.1 Å². The lowest BCUT2D eigenvalue weighted by atomic mass is 9.99. The van der Waals surface area contributed by atoms with Crippen molar-refractivity contribution in [3.05, 3.63) is 35.4 Å². The minimum atomic E-state index is -0.0102. The summed E-state index contributed by atoms with van der Waals surface area (Å²) in [6.45, 7) is 6.61. The molecule has 1 aliphatic heterocycles. The second kappa shape index (κ2) is 4.56. The predicted molar refractivity (Wildman–Crippen MR) is 66.3 cm³/mol. The van der Waals surface area contributed by atoms with Crippen LogP contribution in [0.25, 0.3) is 0 Å². The van der Waals surface area contributed by atoms with Crippen LogP contribution >= 0.6 is 0 Å². The maximum Gasteiger partial charge on any atom is 0.0612 e. The van der Waals surface area contributed by atoms with Crippen LogP contribution in [0.15, 0.2) is 24.3 Å². The molecular formula is C14H21NO. The molecule has 0 spiro atoms. The van der Waals surface area contributed by atoms with Crippen molar-refractivity contribution in [1.29, 1.82) is 0 Å². The highest BCUT2D eigenvalue weighted by Gasteiger charge is 2.35. The number of aliphatic hydroxyl groups excluding tert-OH is 1. The monoisotopic (exact) mass is 219 g/mol. The SMILES string of the molecule is Cc1cccc(CN2CCCC2(C)CO)c1. The topological polar surface area (TPSA) is 23.5 Å². The first kappa shape index (κ1) is 11.6. The number of benzene rings is 1. The van der Waals surface area contributed by atoms with Crippen LogP contribution < -0.4 is 0 Å². The standard InChI is InChI=1S/C14H21NO/c1-12-5-3-6-13(9-12)10-15-8-4-7-14(15,2)11-16/h3,5-6,9,16H,4,7-8,10-11H2,1-2H3. The molecule has 1 aromatic carbocycles. The molecule has 0 aliphatic carbocycles. The zero-order valence-corrected chi connectivity index (χ0v) is 10.2. The molecule has 1 heterocycles. The molecule has 1 fully saturated rings. The lowest BCUT2D eigenvalue weighted by Gasteiger charge is -2.33. The Morgan fingerprint density at radius 3 is 2.94 bits per heavy atom. The Bertz CT molecular complexity index is 364. The average Bonchev–Trinajstić information content (AvgIpc) is 2.61. The van der Waals surface area contributed by atoms with E-state index in [1.54, 1.807) is 0 Å². The van der Waals surface area contributed by atoms with E-state index in [4.69, 9.17) is 0 Å². The van der Waals surface area contributed by atoms with Crippen molar-refractivity contribution in [3.8, 4) is 0 Å². The summed E-state index contributed by atoms with van der Waals surface area (Å²) in [5, 5.41) is 9.49. The van der Waals surface area contributed by atoms with E-state index in [2.05, 4.69) is 43.0 Å². The van der Waals surface area contributed by atoms with E-state index < -0.39 is 0 Å². The van der Waals surface area contributed by atoms with Gasteiger partial charge in [0.25, 0.3) is 0 Å². The Kier molecular flexibility index (Phi) is 3.31. The summed E-state index contributed by atoms with van der Waals surface area (Å²) in [4.78, 5) is 2.40. The van der Waals surface area contributed by atoms with Crippen molar-refractivity contribution in [3.63, 3.8) is 0 Å². The summed E-state index contributed by atoms with van der Waals surface area (Å²) in [5.74, 6) is 0. The summed E-state index contributed by atoms with van der Waals surface area (Å²) in [6.07, 6.45) is 2.30. The number of hydrogen-bond donors (Lipinski definition) is 1. The Labute approximate surface area is 97.9 Å². The minimum absolute atomic E-state index is 0.0102. The highest BCUT2D eigenvalue weighted by molar-refractivity contribution is 5.22. The van der Waals surface area contributed by atoms with Gasteiger partial charge in [0, 0.05) is 12.1 Å². The number of nitrogens with zero attached hydrogens (tertiary/aromatic N) is 1. The van der Waals surface area contributed by atoms with Gasteiger partial charge in [-0.25, -0.2) is 0 Å². The predicted octanol–water partition coefficient (Wildman–Crippen LogP) is 2.34. The molecule has 0 saturated carbocycles. The van der Waals surface area contributed by atoms with Gasteiger partial charge in [-0.05, 0) is 38.8 Å². The smallest absolute Gasteiger partial charge is 0.0612 e. The van der Waals surface area contributed by atoms with Gasteiger partial charge < -0.3 is 5.11 Å². The van der Waals surface area contributed by atoms with E-state index in [1.165, 1.54) is 17.5 Å². The first-order valence-corrected chi connectivity index (χ1v) is 6.05. The van der Waals surface area contributed by atoms with Gasteiger partial charge in [-0.1, -0.05) is 29.8 Å². The van der Waals surface area contributed by atoms with Crippen molar-refractivity contribution in [2.75, 3.05) is 13.2 Å². The van der Waals surface area contributed by atoms with Crippen LogP contribution in [0.4, 0.5) is 0 Å². The van der Waals surface area contributed by atoms with Gasteiger partial charge in [0.05, 0.1) is 6.61 Å². The summed E-state index contributed by atoms with van der Waals surface area (Å²) < 4.78 is 0. The molecule has 0 bridgehead atoms. The van der Waals surface area contributed by atoms with E-state index >= 15 is 0 Å². The second-order valence-electron chi connectivity index (χ2n) is 5.17. The van der Waals surface area contributed by atoms with Crippen molar-refractivity contribution in [2.45, 2.75) is 38.8 Å². The van der Waals surface area contributed by atoms with Crippen LogP contribution in [-0.4, -0.2) is 28.7 Å². The Morgan fingerprint density at radius 1 is 1.44 bits per heavy atom. The van der Waals surface area contributed by atoms with Gasteiger partial charge in [0.1, 0.15) is 0 Å². The number of hydrogen-bond acceptors (Lipinski definition) is 2. The van der Waals surface area contributed by atoms with Gasteiger partial charge in [-0.3, -0.25) is 4.90 Å². The Balaban J connectivity index is 2.10. The third-order valence-electron chi connectivity index (χ3n) is 3.70. The third kappa shape index (κ3) is 2.28. The molecule has 2 heteroatoms. The van der Waals surface area contributed by atoms with E-state index in [0.29, 0.717) is 0 Å². The zero-order valence-electron chi connectivity index (χ0n) is 10.2. The molecule has 1 N–H and O–H groups in total. The molecule has 2 nitrogen and oxygen atoms in total. The van der Waals surface area contributed by atoms with Crippen LogP contribution in [-0.2, 0) is 6.54 Å². The van der Waals surface area contributed by atoms with Crippen molar-refractivity contribution in [1.82, 2.24) is 4.90 Å². The van der Waals surface area contributed by atoms with Crippen molar-refractivity contribution in [2.24, 2.45) is 0 Å². The molecule has 1 atom stereocenters. The van der Waals surface area contributed by atoms with Crippen LogP contribution in [0.2, 0.25) is 0 Å². The average molecular weight is 219 g/mol. The molecule has 1 saturated heterocycles. The summed E-state index contributed by atoms with van der Waals surface area (Å²) in [5.41, 5.74) is 2.65. The molecule has 2 rings (SSSR count). The van der Waals surface area contributed by atoms with Crippen LogP contribution in [0.3, 0.4) is 0 Å². The van der Waals surface area contributed by atoms with Crippen LogP contribution in [0, 0.1) is 6.92 Å². The lowest BCUT2D eigenvalue weighted by Crippen LogP contribution is -2.43. The summed E-state index contributed by atoms with van der Waals surface area (Å²) >= 11 is 0. The maximum absolute atomic E-state index is 9.49. The Morgan fingerprint density at radius 2 is 2.25 bits per heavy atom. The number of rotatable bonds is 3. The molecule has 1 aromatic rings. The molecule has 1 aliphatic rings. The quantitative estimate of drug-likeness (QED) is 0.843. The summed E-state index contributed by atoms with van der Waals surface area (Å²) in [6, 6.07) is 8.63. The van der Waals surface area contributed by atoms with Crippen LogP contribution in [0.1, 0.15) is 30.9 Å². The number of aliphatic hydroxyl groups is 1. The van der Waals surface area contributed by atoms with Gasteiger partial charge >= 0.3 is 0 Å². The first-order chi connectivity index (χ1) is 7.64. The fraction of sp³-hybridized carbons (Fsp3) is 0.571. The van der Waals surface area contributed by atoms with Gasteiger partial charge in [0.15, 0.2) is 0 Å². The van der Waals surface area contributed by atoms with Gasteiger partial charge in [-0.2, -0.15) is 0 Å². The van der Waals surface area contributed by atoms with Crippen LogP contribution in [0.5, 0.6) is 0 Å². The second-order valence-corrected chi connectivity index (χ2v) is 5.17. The first-order valence-electron chi connectivity index (χ1n) is 6.05. The largest absolute Gasteiger partial charge is 0.394 e. The molecule has 0 radical (unpaired) electrons. The highest BCUT2D eigenvalue weighted by Crippen LogP contribution is 2.29. The van der Waals surface area contributed by atoms with Gasteiger partial charge in [-0.15, -0.1) is 0 Å². The molecule has 88 valence electrons. The number of likely N-dealkylation sites (tertiary alicyclic amines) is 1. The molecule has 0 aromatic heterocycles. The Hall–Kier alpha value is -0.860. The maximum atomic E-state index is 9.49. The molecule has 1 unspecified atom stereocenters. The summed E-state index contributed by atoms with van der Waals surface area (Å²) in [7, 11) is 0. The fourth-order valence-electron chi connectivity index (χ4n) is 2.56.